The van der Waals surface area contributed by atoms with Crippen LogP contribution >= 0.6 is 0 Å². The number of aliphatic hydroxyl groups is 1. The third-order valence-corrected chi connectivity index (χ3v) is 4.95. The number of aliphatic hydroxyl groups excluding tert-OH is 1. The van der Waals surface area contributed by atoms with Gasteiger partial charge in [0.1, 0.15) is 5.82 Å². The average molecular weight is 344 g/mol. The van der Waals surface area contributed by atoms with Crippen LogP contribution in [0, 0.1) is 13.8 Å². The Labute approximate surface area is 146 Å². The first kappa shape index (κ1) is 16.3. The Kier molecular flexibility index (Phi) is 4.30. The van der Waals surface area contributed by atoms with Gasteiger partial charge in [-0.25, -0.2) is 4.98 Å². The lowest BCUT2D eigenvalue weighted by atomic mass is 10.0. The number of anilines is 2. The number of hydrogen-bond donors (Lipinski definition) is 3. The maximum atomic E-state index is 9.58. The molecule has 0 saturated carbocycles. The minimum atomic E-state index is -0.283. The van der Waals surface area contributed by atoms with Gasteiger partial charge >= 0.3 is 0 Å². The molecule has 4 rings (SSSR count). The third-order valence-electron chi connectivity index (χ3n) is 4.95. The average Bonchev–Trinajstić information content (AvgIpc) is 3.21. The minimum Gasteiger partial charge on any atom is -0.389 e. The van der Waals surface area contributed by atoms with Gasteiger partial charge in [0.15, 0.2) is 0 Å². The number of aromatic amines is 1. The Morgan fingerprint density at radius 2 is 2.20 bits per heavy atom. The van der Waals surface area contributed by atoms with Crippen molar-refractivity contribution < 1.29 is 9.84 Å². The predicted octanol–water partition coefficient (Wildman–Crippen LogP) is 1.11. The van der Waals surface area contributed by atoms with Gasteiger partial charge in [0.05, 0.1) is 24.1 Å². The van der Waals surface area contributed by atoms with E-state index in [1.54, 1.807) is 0 Å². The van der Waals surface area contributed by atoms with Gasteiger partial charge in [-0.2, -0.15) is 10.1 Å². The fourth-order valence-electron chi connectivity index (χ4n) is 3.29. The number of rotatable bonds is 5. The second kappa shape index (κ2) is 6.61. The number of β-amino-alcohol motifs (C(OH)–C–C–N with tert-alkyl or cyclic N) is 1. The van der Waals surface area contributed by atoms with Gasteiger partial charge < -0.3 is 20.1 Å². The van der Waals surface area contributed by atoms with Crippen molar-refractivity contribution >= 4 is 11.8 Å². The Hall–Kier alpha value is -2.19. The SMILES string of the molecule is Cc1n[nH]c(C)c1CNc1cc(C2CCOC2)nc(N2CC(O)C2)n1. The molecule has 0 aromatic carbocycles. The summed E-state index contributed by atoms with van der Waals surface area (Å²) in [5, 5.41) is 20.2. The summed E-state index contributed by atoms with van der Waals surface area (Å²) in [4.78, 5) is 11.4. The van der Waals surface area contributed by atoms with Crippen molar-refractivity contribution in [3.05, 3.63) is 28.7 Å². The van der Waals surface area contributed by atoms with Crippen LogP contribution in [0.1, 0.15) is 35.0 Å². The molecule has 2 aromatic heterocycles. The van der Waals surface area contributed by atoms with Crippen molar-refractivity contribution in [2.24, 2.45) is 0 Å². The first-order valence-corrected chi connectivity index (χ1v) is 8.74. The van der Waals surface area contributed by atoms with Gasteiger partial charge in [-0.05, 0) is 20.3 Å². The van der Waals surface area contributed by atoms with Crippen LogP contribution in [0.15, 0.2) is 6.07 Å². The van der Waals surface area contributed by atoms with E-state index in [1.165, 1.54) is 0 Å². The highest BCUT2D eigenvalue weighted by atomic mass is 16.5. The van der Waals surface area contributed by atoms with E-state index >= 15 is 0 Å². The van der Waals surface area contributed by atoms with Crippen LogP contribution < -0.4 is 10.2 Å². The topological polar surface area (TPSA) is 99.2 Å². The maximum absolute atomic E-state index is 9.58. The molecule has 0 amide bonds. The molecule has 1 atom stereocenters. The number of aryl methyl sites for hydroxylation is 2. The lowest BCUT2D eigenvalue weighted by Crippen LogP contribution is -2.51. The summed E-state index contributed by atoms with van der Waals surface area (Å²) in [5.41, 5.74) is 4.22. The second-order valence-corrected chi connectivity index (χ2v) is 6.86. The quantitative estimate of drug-likeness (QED) is 0.747. The lowest BCUT2D eigenvalue weighted by Gasteiger charge is -2.36. The minimum absolute atomic E-state index is 0.283. The smallest absolute Gasteiger partial charge is 0.227 e. The standard InChI is InChI=1S/C17H24N6O2/c1-10-14(11(2)22-21-10)6-18-16-5-15(12-3-4-25-9-12)19-17(20-16)23-7-13(24)8-23/h5,12-13,24H,3-4,6-9H2,1-2H3,(H,21,22)(H,18,19,20). The Bertz CT molecular complexity index is 730. The van der Waals surface area contributed by atoms with E-state index in [1.807, 2.05) is 24.8 Å². The zero-order valence-electron chi connectivity index (χ0n) is 14.6. The van der Waals surface area contributed by atoms with Crippen LogP contribution in [-0.4, -0.2) is 57.7 Å². The molecule has 8 heteroatoms. The van der Waals surface area contributed by atoms with E-state index in [4.69, 9.17) is 9.72 Å². The first-order chi connectivity index (χ1) is 12.1. The van der Waals surface area contributed by atoms with Crippen LogP contribution in [0.2, 0.25) is 0 Å². The summed E-state index contributed by atoms with van der Waals surface area (Å²) in [7, 11) is 0. The van der Waals surface area contributed by atoms with Gasteiger partial charge in [-0.3, -0.25) is 5.10 Å². The predicted molar refractivity (Wildman–Crippen MR) is 93.8 cm³/mol. The zero-order chi connectivity index (χ0) is 17.4. The summed E-state index contributed by atoms with van der Waals surface area (Å²) in [6, 6.07) is 2.02. The molecule has 134 valence electrons. The zero-order valence-corrected chi connectivity index (χ0v) is 14.6. The van der Waals surface area contributed by atoms with E-state index in [9.17, 15) is 5.11 Å². The molecule has 25 heavy (non-hydrogen) atoms. The molecular weight excluding hydrogens is 320 g/mol. The Morgan fingerprint density at radius 1 is 1.36 bits per heavy atom. The molecule has 0 radical (unpaired) electrons. The molecule has 0 aliphatic carbocycles. The summed E-state index contributed by atoms with van der Waals surface area (Å²) in [6.07, 6.45) is 0.702. The van der Waals surface area contributed by atoms with Crippen LogP contribution in [0.5, 0.6) is 0 Å². The van der Waals surface area contributed by atoms with Crippen molar-refractivity contribution in [2.75, 3.05) is 36.5 Å². The van der Waals surface area contributed by atoms with Crippen LogP contribution in [0.3, 0.4) is 0 Å². The maximum Gasteiger partial charge on any atom is 0.227 e. The fraction of sp³-hybridized carbons (Fsp3) is 0.588. The summed E-state index contributed by atoms with van der Waals surface area (Å²) >= 11 is 0. The van der Waals surface area contributed by atoms with Gasteiger partial charge in [0.2, 0.25) is 5.95 Å². The second-order valence-electron chi connectivity index (χ2n) is 6.86. The highest BCUT2D eigenvalue weighted by Crippen LogP contribution is 2.28. The van der Waals surface area contributed by atoms with Crippen molar-refractivity contribution in [3.8, 4) is 0 Å². The number of aromatic nitrogens is 4. The van der Waals surface area contributed by atoms with Crippen LogP contribution in [-0.2, 0) is 11.3 Å². The lowest BCUT2D eigenvalue weighted by molar-refractivity contribution is 0.140. The molecule has 8 nitrogen and oxygen atoms in total. The number of ether oxygens (including phenoxy) is 1. The summed E-state index contributed by atoms with van der Waals surface area (Å²) in [5.74, 6) is 1.79. The molecule has 0 bridgehead atoms. The highest BCUT2D eigenvalue weighted by molar-refractivity contribution is 5.47. The van der Waals surface area contributed by atoms with Crippen LogP contribution in [0.25, 0.3) is 0 Å². The van der Waals surface area contributed by atoms with Gasteiger partial charge in [0.25, 0.3) is 0 Å². The monoisotopic (exact) mass is 344 g/mol. The van der Waals surface area contributed by atoms with Gasteiger partial charge in [-0.1, -0.05) is 0 Å². The van der Waals surface area contributed by atoms with E-state index in [-0.39, 0.29) is 6.10 Å². The molecule has 0 spiro atoms. The molecule has 2 aromatic rings. The van der Waals surface area contributed by atoms with Crippen LogP contribution in [0.4, 0.5) is 11.8 Å². The van der Waals surface area contributed by atoms with E-state index in [0.29, 0.717) is 38.1 Å². The molecular formula is C17H24N6O2. The van der Waals surface area contributed by atoms with Gasteiger partial charge in [0, 0.05) is 49.5 Å². The molecule has 2 fully saturated rings. The highest BCUT2D eigenvalue weighted by Gasteiger charge is 2.28. The van der Waals surface area contributed by atoms with Crippen molar-refractivity contribution in [2.45, 2.75) is 38.8 Å². The van der Waals surface area contributed by atoms with Gasteiger partial charge in [-0.15, -0.1) is 0 Å². The number of nitrogens with zero attached hydrogens (tertiary/aromatic N) is 4. The Balaban J connectivity index is 1.57. The molecule has 4 heterocycles. The number of hydrogen-bond acceptors (Lipinski definition) is 7. The molecule has 2 saturated heterocycles. The number of H-pyrrole nitrogens is 1. The van der Waals surface area contributed by atoms with E-state index in [0.717, 1.165) is 41.5 Å². The van der Waals surface area contributed by atoms with Crippen molar-refractivity contribution in [3.63, 3.8) is 0 Å². The number of nitrogens with one attached hydrogen (secondary N) is 2. The van der Waals surface area contributed by atoms with E-state index in [2.05, 4.69) is 20.5 Å². The molecule has 2 aliphatic rings. The summed E-state index contributed by atoms with van der Waals surface area (Å²) in [6.45, 7) is 7.34. The largest absolute Gasteiger partial charge is 0.389 e. The Morgan fingerprint density at radius 3 is 2.84 bits per heavy atom. The van der Waals surface area contributed by atoms with E-state index < -0.39 is 0 Å². The fourth-order valence-corrected chi connectivity index (χ4v) is 3.29. The molecule has 2 aliphatic heterocycles. The molecule has 3 N–H and O–H groups in total. The first-order valence-electron chi connectivity index (χ1n) is 8.74. The third kappa shape index (κ3) is 3.32. The normalized spacial score (nSPS) is 20.8. The van der Waals surface area contributed by atoms with Crippen molar-refractivity contribution in [1.82, 2.24) is 20.2 Å². The molecule has 1 unspecified atom stereocenters. The summed E-state index contributed by atoms with van der Waals surface area (Å²) < 4.78 is 5.51. The van der Waals surface area contributed by atoms with Crippen molar-refractivity contribution in [1.29, 1.82) is 0 Å².